The van der Waals surface area contributed by atoms with Crippen LogP contribution >= 0.6 is 0 Å². The molecule has 27 heavy (non-hydrogen) atoms. The van der Waals surface area contributed by atoms with E-state index in [4.69, 9.17) is 15.7 Å². The third kappa shape index (κ3) is 4.53. The molecule has 1 aliphatic rings. The van der Waals surface area contributed by atoms with Crippen molar-refractivity contribution in [1.82, 2.24) is 0 Å². The van der Waals surface area contributed by atoms with Crippen LogP contribution in [-0.2, 0) is 0 Å². The number of hydrogen-bond donors (Lipinski definition) is 1. The molecule has 0 spiro atoms. The van der Waals surface area contributed by atoms with Crippen LogP contribution in [0, 0.1) is 6.92 Å². The van der Waals surface area contributed by atoms with Crippen LogP contribution in [0.3, 0.4) is 0 Å². The number of benzene rings is 2. The molecular weight excluding hydrogens is 332 g/mol. The van der Waals surface area contributed by atoms with Crippen LogP contribution in [0.15, 0.2) is 82.4 Å². The van der Waals surface area contributed by atoms with Crippen molar-refractivity contribution < 1.29 is 0 Å². The van der Waals surface area contributed by atoms with Gasteiger partial charge >= 0.3 is 0 Å². The standard InChI is InChI=1S/C23H26N4/c1-4-27(5-2)20-12-14-21(17(3)15-20)26-22-13-11-18(24)16-23(22)25-19-9-7-6-8-10-19/h6-16H,4-5,24H2,1-3H3/b25-23+,26-22-. The second-order valence-electron chi connectivity index (χ2n) is 6.45. The van der Waals surface area contributed by atoms with Gasteiger partial charge in [-0.15, -0.1) is 0 Å². The van der Waals surface area contributed by atoms with E-state index in [9.17, 15) is 0 Å². The third-order valence-electron chi connectivity index (χ3n) is 4.56. The fourth-order valence-corrected chi connectivity index (χ4v) is 3.05. The van der Waals surface area contributed by atoms with Crippen molar-refractivity contribution in [1.29, 1.82) is 0 Å². The molecule has 3 rings (SSSR count). The maximum absolute atomic E-state index is 5.98. The van der Waals surface area contributed by atoms with E-state index < -0.39 is 0 Å². The van der Waals surface area contributed by atoms with Gasteiger partial charge in [0.05, 0.1) is 22.8 Å². The summed E-state index contributed by atoms with van der Waals surface area (Å²) in [6.45, 7) is 8.41. The number of hydrogen-bond acceptors (Lipinski definition) is 4. The normalized spacial score (nSPS) is 16.6. The summed E-state index contributed by atoms with van der Waals surface area (Å²) in [5.41, 5.74) is 12.4. The highest BCUT2D eigenvalue weighted by Crippen LogP contribution is 2.26. The average Bonchev–Trinajstić information content (AvgIpc) is 2.67. The first-order valence-corrected chi connectivity index (χ1v) is 9.34. The second-order valence-corrected chi connectivity index (χ2v) is 6.45. The molecule has 0 bridgehead atoms. The summed E-state index contributed by atoms with van der Waals surface area (Å²) in [4.78, 5) is 11.9. The number of aryl methyl sites for hydroxylation is 1. The zero-order valence-electron chi connectivity index (χ0n) is 16.2. The van der Waals surface area contributed by atoms with Crippen molar-refractivity contribution in [3.8, 4) is 0 Å². The van der Waals surface area contributed by atoms with Gasteiger partial charge in [0.2, 0.25) is 0 Å². The molecule has 0 aliphatic heterocycles. The number of rotatable bonds is 5. The van der Waals surface area contributed by atoms with Crippen molar-refractivity contribution in [2.45, 2.75) is 20.8 Å². The summed E-state index contributed by atoms with van der Waals surface area (Å²) in [5, 5.41) is 0. The molecule has 2 N–H and O–H groups in total. The molecule has 2 aromatic carbocycles. The van der Waals surface area contributed by atoms with E-state index in [1.807, 2.05) is 48.6 Å². The Kier molecular flexibility index (Phi) is 5.87. The second kappa shape index (κ2) is 8.49. The van der Waals surface area contributed by atoms with Gasteiger partial charge in [-0.25, -0.2) is 9.98 Å². The first-order valence-electron chi connectivity index (χ1n) is 9.34. The molecule has 0 saturated carbocycles. The molecule has 0 fully saturated rings. The summed E-state index contributed by atoms with van der Waals surface area (Å²) >= 11 is 0. The molecule has 0 amide bonds. The number of anilines is 1. The summed E-state index contributed by atoms with van der Waals surface area (Å²) < 4.78 is 0. The summed E-state index contributed by atoms with van der Waals surface area (Å²) in [5.74, 6) is 0. The van der Waals surface area contributed by atoms with Gasteiger partial charge in [0.25, 0.3) is 0 Å². The Morgan fingerprint density at radius 2 is 1.63 bits per heavy atom. The van der Waals surface area contributed by atoms with E-state index in [1.54, 1.807) is 0 Å². The van der Waals surface area contributed by atoms with Gasteiger partial charge in [0.1, 0.15) is 0 Å². The molecule has 4 heteroatoms. The van der Waals surface area contributed by atoms with Crippen molar-refractivity contribution >= 4 is 28.5 Å². The van der Waals surface area contributed by atoms with Gasteiger partial charge < -0.3 is 10.6 Å². The summed E-state index contributed by atoms with van der Waals surface area (Å²) in [6, 6.07) is 16.3. The molecule has 2 aromatic rings. The maximum atomic E-state index is 5.98. The summed E-state index contributed by atoms with van der Waals surface area (Å²) in [6.07, 6.45) is 5.66. The minimum Gasteiger partial charge on any atom is -0.399 e. The maximum Gasteiger partial charge on any atom is 0.0914 e. The molecule has 0 heterocycles. The van der Waals surface area contributed by atoms with Gasteiger partial charge in [-0.1, -0.05) is 18.2 Å². The van der Waals surface area contributed by atoms with Crippen molar-refractivity contribution in [3.05, 3.63) is 78.0 Å². The smallest absolute Gasteiger partial charge is 0.0914 e. The minimum atomic E-state index is 0.678. The lowest BCUT2D eigenvalue weighted by atomic mass is 10.1. The quantitative estimate of drug-likeness (QED) is 0.756. The lowest BCUT2D eigenvalue weighted by molar-refractivity contribution is 0.865. The Bertz CT molecular complexity index is 917. The van der Waals surface area contributed by atoms with Gasteiger partial charge in [0, 0.05) is 24.5 Å². The average molecular weight is 358 g/mol. The third-order valence-corrected chi connectivity index (χ3v) is 4.56. The van der Waals surface area contributed by atoms with Gasteiger partial charge in [-0.3, -0.25) is 0 Å². The van der Waals surface area contributed by atoms with Crippen molar-refractivity contribution in [2.24, 2.45) is 15.7 Å². The molecule has 1 aliphatic carbocycles. The first kappa shape index (κ1) is 18.6. The molecule has 0 atom stereocenters. The van der Waals surface area contributed by atoms with Crippen LogP contribution in [0.2, 0.25) is 0 Å². The molecule has 0 unspecified atom stereocenters. The molecule has 4 nitrogen and oxygen atoms in total. The van der Waals surface area contributed by atoms with Crippen molar-refractivity contribution in [3.63, 3.8) is 0 Å². The molecule has 0 radical (unpaired) electrons. The SMILES string of the molecule is CCN(CC)c1ccc(/N=C2/C=CC(N)=C/C2=N\c2ccccc2)c(C)c1. The highest BCUT2D eigenvalue weighted by Gasteiger charge is 2.11. The largest absolute Gasteiger partial charge is 0.399 e. The first-order chi connectivity index (χ1) is 13.1. The summed E-state index contributed by atoms with van der Waals surface area (Å²) in [7, 11) is 0. The van der Waals surface area contributed by atoms with E-state index in [0.717, 1.165) is 41.5 Å². The van der Waals surface area contributed by atoms with E-state index in [2.05, 4.69) is 43.9 Å². The van der Waals surface area contributed by atoms with Crippen LogP contribution in [0.4, 0.5) is 17.1 Å². The number of para-hydroxylation sites is 1. The number of aliphatic imine (C=N–C) groups is 2. The zero-order valence-corrected chi connectivity index (χ0v) is 16.2. The van der Waals surface area contributed by atoms with Crippen LogP contribution in [0.25, 0.3) is 0 Å². The Balaban J connectivity index is 1.97. The topological polar surface area (TPSA) is 54.0 Å². The van der Waals surface area contributed by atoms with E-state index in [0.29, 0.717) is 5.70 Å². The molecule has 0 aromatic heterocycles. The Hall–Kier alpha value is -3.14. The van der Waals surface area contributed by atoms with Crippen LogP contribution in [0.5, 0.6) is 0 Å². The number of allylic oxidation sites excluding steroid dienone is 3. The number of nitrogens with zero attached hydrogens (tertiary/aromatic N) is 3. The van der Waals surface area contributed by atoms with Crippen LogP contribution < -0.4 is 10.6 Å². The Morgan fingerprint density at radius 1 is 0.889 bits per heavy atom. The van der Waals surface area contributed by atoms with Gasteiger partial charge in [0.15, 0.2) is 0 Å². The lowest BCUT2D eigenvalue weighted by Gasteiger charge is -2.21. The monoisotopic (exact) mass is 358 g/mol. The highest BCUT2D eigenvalue weighted by molar-refractivity contribution is 6.52. The van der Waals surface area contributed by atoms with E-state index in [-0.39, 0.29) is 0 Å². The Morgan fingerprint density at radius 3 is 2.30 bits per heavy atom. The fourth-order valence-electron chi connectivity index (χ4n) is 3.05. The minimum absolute atomic E-state index is 0.678. The Labute approximate surface area is 161 Å². The predicted octanol–water partition coefficient (Wildman–Crippen LogP) is 5.10. The zero-order chi connectivity index (χ0) is 19.2. The highest BCUT2D eigenvalue weighted by atomic mass is 15.1. The molecule has 0 saturated heterocycles. The van der Waals surface area contributed by atoms with E-state index in [1.165, 1.54) is 5.69 Å². The predicted molar refractivity (Wildman–Crippen MR) is 117 cm³/mol. The van der Waals surface area contributed by atoms with E-state index >= 15 is 0 Å². The van der Waals surface area contributed by atoms with Crippen LogP contribution in [0.1, 0.15) is 19.4 Å². The fraction of sp³-hybridized carbons (Fsp3) is 0.217. The van der Waals surface area contributed by atoms with Crippen molar-refractivity contribution in [2.75, 3.05) is 18.0 Å². The molecular formula is C23H26N4. The number of nitrogens with two attached hydrogens (primary N) is 1. The van der Waals surface area contributed by atoms with Gasteiger partial charge in [-0.2, -0.15) is 0 Å². The lowest BCUT2D eigenvalue weighted by Crippen LogP contribution is -2.21. The van der Waals surface area contributed by atoms with Crippen LogP contribution in [-0.4, -0.2) is 24.5 Å². The van der Waals surface area contributed by atoms with Gasteiger partial charge in [-0.05, 0) is 74.9 Å². The molecule has 138 valence electrons.